The molecule has 5 heteroatoms. The number of ether oxygens (including phenoxy) is 2. The maximum absolute atomic E-state index is 12.2. The number of hydrogen-bond donors (Lipinski definition) is 1. The van der Waals surface area contributed by atoms with Gasteiger partial charge in [0.25, 0.3) is 5.91 Å². The molecule has 2 rings (SSSR count). The highest BCUT2D eigenvalue weighted by Gasteiger charge is 2.21. The standard InChI is InChI=1S/C27H38BrNO3/c1-7-26(3,4)31-23-17-14-20(24(19-23)32-27(5,6)8-2)11-9-10-18-29-25(30)21-12-15-22(28)16-13-21/h12-17,19H,7-11,18H2,1-6H3,(H,29,30). The van der Waals surface area contributed by atoms with Gasteiger partial charge in [0.15, 0.2) is 0 Å². The summed E-state index contributed by atoms with van der Waals surface area (Å²) in [6, 6.07) is 13.6. The Balaban J connectivity index is 1.96. The van der Waals surface area contributed by atoms with Gasteiger partial charge in [0.05, 0.1) is 0 Å². The van der Waals surface area contributed by atoms with Crippen molar-refractivity contribution in [3.63, 3.8) is 0 Å². The minimum Gasteiger partial charge on any atom is -0.488 e. The zero-order valence-electron chi connectivity index (χ0n) is 20.4. The third kappa shape index (κ3) is 8.50. The van der Waals surface area contributed by atoms with Gasteiger partial charge in [0, 0.05) is 22.6 Å². The summed E-state index contributed by atoms with van der Waals surface area (Å²) in [5.74, 6) is 1.69. The topological polar surface area (TPSA) is 47.6 Å². The molecular weight excluding hydrogens is 466 g/mol. The molecule has 0 radical (unpaired) electrons. The number of halogens is 1. The fraction of sp³-hybridized carbons (Fsp3) is 0.519. The molecule has 32 heavy (non-hydrogen) atoms. The van der Waals surface area contributed by atoms with Crippen molar-refractivity contribution in [3.05, 3.63) is 58.1 Å². The summed E-state index contributed by atoms with van der Waals surface area (Å²) < 4.78 is 13.5. The smallest absolute Gasteiger partial charge is 0.251 e. The minimum atomic E-state index is -0.244. The van der Waals surface area contributed by atoms with Gasteiger partial charge in [-0.15, -0.1) is 0 Å². The molecule has 0 bridgehead atoms. The second-order valence-electron chi connectivity index (χ2n) is 9.42. The van der Waals surface area contributed by atoms with Crippen LogP contribution in [0.3, 0.4) is 0 Å². The number of rotatable bonds is 12. The van der Waals surface area contributed by atoms with E-state index in [1.165, 1.54) is 5.56 Å². The van der Waals surface area contributed by atoms with Gasteiger partial charge in [-0.1, -0.05) is 35.8 Å². The summed E-state index contributed by atoms with van der Waals surface area (Å²) >= 11 is 3.39. The molecule has 2 aromatic rings. The predicted molar refractivity (Wildman–Crippen MR) is 136 cm³/mol. The van der Waals surface area contributed by atoms with Crippen molar-refractivity contribution in [2.75, 3.05) is 6.54 Å². The van der Waals surface area contributed by atoms with E-state index in [1.807, 2.05) is 36.4 Å². The van der Waals surface area contributed by atoms with Crippen LogP contribution in [-0.4, -0.2) is 23.7 Å². The summed E-state index contributed by atoms with van der Waals surface area (Å²) in [7, 11) is 0. The van der Waals surface area contributed by atoms with Crippen molar-refractivity contribution in [1.29, 1.82) is 0 Å². The second-order valence-corrected chi connectivity index (χ2v) is 10.3. The highest BCUT2D eigenvalue weighted by Crippen LogP contribution is 2.32. The lowest BCUT2D eigenvalue weighted by atomic mass is 10.0. The van der Waals surface area contributed by atoms with Crippen molar-refractivity contribution in [2.45, 2.75) is 84.8 Å². The highest BCUT2D eigenvalue weighted by molar-refractivity contribution is 9.10. The van der Waals surface area contributed by atoms with Crippen LogP contribution < -0.4 is 14.8 Å². The van der Waals surface area contributed by atoms with Crippen molar-refractivity contribution in [1.82, 2.24) is 5.32 Å². The first kappa shape index (κ1) is 26.2. The van der Waals surface area contributed by atoms with Crippen LogP contribution in [0.2, 0.25) is 0 Å². The van der Waals surface area contributed by atoms with E-state index in [4.69, 9.17) is 9.47 Å². The summed E-state index contributed by atoms with van der Waals surface area (Å²) in [6.07, 6.45) is 4.60. The number of benzene rings is 2. The first-order valence-electron chi connectivity index (χ1n) is 11.6. The predicted octanol–water partition coefficient (Wildman–Crippen LogP) is 7.34. The number of carbonyl (C=O) groups excluding carboxylic acids is 1. The molecule has 0 aromatic heterocycles. The van der Waals surface area contributed by atoms with Gasteiger partial charge in [0.1, 0.15) is 22.7 Å². The molecule has 0 spiro atoms. The molecule has 0 atom stereocenters. The Hall–Kier alpha value is -2.01. The van der Waals surface area contributed by atoms with Crippen LogP contribution in [0.4, 0.5) is 0 Å². The Morgan fingerprint density at radius 2 is 1.53 bits per heavy atom. The van der Waals surface area contributed by atoms with Crippen molar-refractivity contribution < 1.29 is 14.3 Å². The van der Waals surface area contributed by atoms with Gasteiger partial charge in [-0.05, 0) is 95.7 Å². The maximum atomic E-state index is 12.2. The van der Waals surface area contributed by atoms with E-state index in [0.29, 0.717) is 12.1 Å². The van der Waals surface area contributed by atoms with E-state index >= 15 is 0 Å². The molecule has 0 aliphatic carbocycles. The van der Waals surface area contributed by atoms with Crippen LogP contribution in [-0.2, 0) is 6.42 Å². The highest BCUT2D eigenvalue weighted by atomic mass is 79.9. The number of nitrogens with one attached hydrogen (secondary N) is 1. The van der Waals surface area contributed by atoms with Gasteiger partial charge in [-0.2, -0.15) is 0 Å². The molecule has 1 N–H and O–H groups in total. The molecule has 176 valence electrons. The maximum Gasteiger partial charge on any atom is 0.251 e. The van der Waals surface area contributed by atoms with E-state index in [2.05, 4.69) is 68.9 Å². The quantitative estimate of drug-likeness (QED) is 0.308. The summed E-state index contributed by atoms with van der Waals surface area (Å²) in [4.78, 5) is 12.2. The van der Waals surface area contributed by atoms with Crippen LogP contribution in [0.25, 0.3) is 0 Å². The van der Waals surface area contributed by atoms with Gasteiger partial charge in [-0.3, -0.25) is 4.79 Å². The molecule has 0 aliphatic heterocycles. The number of unbranched alkanes of at least 4 members (excludes halogenated alkanes) is 1. The largest absolute Gasteiger partial charge is 0.488 e. The fourth-order valence-corrected chi connectivity index (χ4v) is 3.27. The Bertz CT molecular complexity index is 875. The van der Waals surface area contributed by atoms with Gasteiger partial charge in [0.2, 0.25) is 0 Å². The molecule has 2 aromatic carbocycles. The zero-order chi connectivity index (χ0) is 23.8. The molecule has 4 nitrogen and oxygen atoms in total. The number of amides is 1. The van der Waals surface area contributed by atoms with Crippen LogP contribution in [0.5, 0.6) is 11.5 Å². The molecule has 0 saturated carbocycles. The Kier molecular flexibility index (Phi) is 9.63. The Labute approximate surface area is 202 Å². The number of hydrogen-bond acceptors (Lipinski definition) is 3. The molecule has 0 aliphatic rings. The summed E-state index contributed by atoms with van der Waals surface area (Å²) in [6.45, 7) is 13.3. The third-order valence-corrected chi connectivity index (χ3v) is 6.32. The summed E-state index contributed by atoms with van der Waals surface area (Å²) in [5, 5.41) is 3.00. The lowest BCUT2D eigenvalue weighted by molar-refractivity contribution is 0.0942. The Morgan fingerprint density at radius 1 is 0.906 bits per heavy atom. The average molecular weight is 505 g/mol. The molecular formula is C27H38BrNO3. The Morgan fingerprint density at radius 3 is 2.16 bits per heavy atom. The van der Waals surface area contributed by atoms with E-state index in [1.54, 1.807) is 0 Å². The van der Waals surface area contributed by atoms with Crippen LogP contribution in [0, 0.1) is 0 Å². The van der Waals surface area contributed by atoms with Crippen molar-refractivity contribution in [2.24, 2.45) is 0 Å². The lowest BCUT2D eigenvalue weighted by Crippen LogP contribution is -2.28. The van der Waals surface area contributed by atoms with E-state index < -0.39 is 0 Å². The van der Waals surface area contributed by atoms with E-state index in [-0.39, 0.29) is 17.1 Å². The second kappa shape index (κ2) is 11.7. The molecule has 0 unspecified atom stereocenters. The van der Waals surface area contributed by atoms with Crippen LogP contribution in [0.1, 0.15) is 83.1 Å². The van der Waals surface area contributed by atoms with Gasteiger partial charge >= 0.3 is 0 Å². The first-order valence-corrected chi connectivity index (χ1v) is 12.4. The SMILES string of the molecule is CCC(C)(C)Oc1ccc(CCCCNC(=O)c2ccc(Br)cc2)c(OC(C)(C)CC)c1. The number of aryl methyl sites for hydroxylation is 1. The zero-order valence-corrected chi connectivity index (χ0v) is 22.0. The normalized spacial score (nSPS) is 11.8. The molecule has 0 heterocycles. The lowest BCUT2D eigenvalue weighted by Gasteiger charge is -2.29. The van der Waals surface area contributed by atoms with Crippen LogP contribution in [0.15, 0.2) is 46.9 Å². The molecule has 1 amide bonds. The van der Waals surface area contributed by atoms with Crippen LogP contribution >= 0.6 is 15.9 Å². The monoisotopic (exact) mass is 503 g/mol. The number of carbonyl (C=O) groups is 1. The van der Waals surface area contributed by atoms with Crippen molar-refractivity contribution >= 4 is 21.8 Å². The third-order valence-electron chi connectivity index (χ3n) is 5.79. The summed E-state index contributed by atoms with van der Waals surface area (Å²) in [5.41, 5.74) is 1.39. The minimum absolute atomic E-state index is 0.0359. The fourth-order valence-electron chi connectivity index (χ4n) is 3.01. The van der Waals surface area contributed by atoms with Gasteiger partial charge in [-0.25, -0.2) is 0 Å². The molecule has 0 fully saturated rings. The van der Waals surface area contributed by atoms with Crippen molar-refractivity contribution in [3.8, 4) is 11.5 Å². The average Bonchev–Trinajstić information content (AvgIpc) is 2.74. The first-order chi connectivity index (χ1) is 15.0. The van der Waals surface area contributed by atoms with E-state index in [0.717, 1.165) is 48.1 Å². The van der Waals surface area contributed by atoms with E-state index in [9.17, 15) is 4.79 Å². The molecule has 0 saturated heterocycles. The van der Waals surface area contributed by atoms with Gasteiger partial charge < -0.3 is 14.8 Å².